The molecule has 0 spiro atoms. The molecule has 0 bridgehead atoms. The molecule has 1 aliphatic heterocycles. The highest BCUT2D eigenvalue weighted by Crippen LogP contribution is 2.26. The van der Waals surface area contributed by atoms with Gasteiger partial charge in [0, 0.05) is 6.07 Å². The zero-order valence-electron chi connectivity index (χ0n) is 6.95. The molecule has 2 rings (SSSR count). The van der Waals surface area contributed by atoms with Gasteiger partial charge in [0.05, 0.1) is 6.20 Å². The molecule has 72 valence electrons. The molecule has 0 saturated heterocycles. The Labute approximate surface area is 80.5 Å². The van der Waals surface area contributed by atoms with Crippen LogP contribution >= 0.6 is 0 Å². The summed E-state index contributed by atoms with van der Waals surface area (Å²) in [6.07, 6.45) is 2.81. The van der Waals surface area contributed by atoms with Crippen LogP contribution in [0.2, 0.25) is 0 Å². The van der Waals surface area contributed by atoms with Crippen LogP contribution in [-0.2, 0) is 10.0 Å². The Bertz CT molecular complexity index is 532. The summed E-state index contributed by atoms with van der Waals surface area (Å²) in [5.41, 5.74) is 0.466. The maximum atomic E-state index is 11.4. The standard InChI is InChI=1S/C8H6N2O3S/c11-7-2-1-6-3-4-9-10-14(12,13)8(6)5-7/h1-5,11H. The molecule has 5 nitrogen and oxygen atoms in total. The van der Waals surface area contributed by atoms with Gasteiger partial charge < -0.3 is 5.11 Å². The Morgan fingerprint density at radius 2 is 2.07 bits per heavy atom. The Kier molecular flexibility index (Phi) is 1.85. The average molecular weight is 210 g/mol. The van der Waals surface area contributed by atoms with Gasteiger partial charge in [0.25, 0.3) is 10.0 Å². The van der Waals surface area contributed by atoms with Crippen molar-refractivity contribution in [1.29, 1.82) is 0 Å². The molecule has 1 N–H and O–H groups in total. The summed E-state index contributed by atoms with van der Waals surface area (Å²) >= 11 is 0. The molecule has 1 aromatic carbocycles. The zero-order valence-corrected chi connectivity index (χ0v) is 7.77. The summed E-state index contributed by atoms with van der Waals surface area (Å²) in [5, 5.41) is 12.5. The molecule has 1 heterocycles. The number of hydrogen-bond acceptors (Lipinski definition) is 4. The predicted molar refractivity (Wildman–Crippen MR) is 49.2 cm³/mol. The molecule has 0 amide bonds. The normalized spacial score (nSPS) is 17.4. The number of hydrogen-bond donors (Lipinski definition) is 1. The third-order valence-corrected chi connectivity index (χ3v) is 2.97. The van der Waals surface area contributed by atoms with E-state index >= 15 is 0 Å². The molecule has 0 radical (unpaired) electrons. The minimum Gasteiger partial charge on any atom is -0.508 e. The maximum absolute atomic E-state index is 11.4. The van der Waals surface area contributed by atoms with Gasteiger partial charge in [-0.1, -0.05) is 4.52 Å². The third kappa shape index (κ3) is 1.39. The van der Waals surface area contributed by atoms with Crippen molar-refractivity contribution < 1.29 is 13.5 Å². The lowest BCUT2D eigenvalue weighted by molar-refractivity contribution is 0.473. The van der Waals surface area contributed by atoms with Gasteiger partial charge in [0.2, 0.25) is 0 Å². The summed E-state index contributed by atoms with van der Waals surface area (Å²) in [7, 11) is -3.77. The minimum atomic E-state index is -3.77. The van der Waals surface area contributed by atoms with Crippen molar-refractivity contribution >= 4 is 16.1 Å². The van der Waals surface area contributed by atoms with E-state index in [0.29, 0.717) is 5.56 Å². The van der Waals surface area contributed by atoms with Crippen LogP contribution < -0.4 is 0 Å². The molecular formula is C8H6N2O3S. The van der Waals surface area contributed by atoms with Crippen LogP contribution in [0.5, 0.6) is 5.75 Å². The Balaban J connectivity index is 2.80. The van der Waals surface area contributed by atoms with Crippen molar-refractivity contribution in [2.45, 2.75) is 4.90 Å². The summed E-state index contributed by atoms with van der Waals surface area (Å²) in [5.74, 6) is -0.113. The number of benzene rings is 1. The van der Waals surface area contributed by atoms with Gasteiger partial charge >= 0.3 is 0 Å². The molecule has 1 aliphatic rings. The fraction of sp³-hybridized carbons (Fsp3) is 0. The number of phenolic OH excluding ortho intramolecular Hbond substituents is 1. The number of phenols is 1. The van der Waals surface area contributed by atoms with Crippen molar-refractivity contribution in [1.82, 2.24) is 0 Å². The van der Waals surface area contributed by atoms with Gasteiger partial charge in [-0.3, -0.25) is 0 Å². The third-order valence-electron chi connectivity index (χ3n) is 1.75. The van der Waals surface area contributed by atoms with Crippen molar-refractivity contribution in [3.05, 3.63) is 30.0 Å². The molecule has 14 heavy (non-hydrogen) atoms. The highest BCUT2D eigenvalue weighted by atomic mass is 32.2. The number of nitrogens with zero attached hydrogens (tertiary/aromatic N) is 2. The highest BCUT2D eigenvalue weighted by Gasteiger charge is 2.18. The van der Waals surface area contributed by atoms with Gasteiger partial charge in [-0.05, 0) is 23.8 Å². The molecule has 0 saturated carbocycles. The van der Waals surface area contributed by atoms with E-state index in [2.05, 4.69) is 9.63 Å². The lowest BCUT2D eigenvalue weighted by Crippen LogP contribution is -1.97. The number of rotatable bonds is 0. The van der Waals surface area contributed by atoms with Crippen molar-refractivity contribution in [2.24, 2.45) is 9.63 Å². The molecule has 0 aliphatic carbocycles. The zero-order chi connectivity index (χ0) is 10.2. The second kappa shape index (κ2) is 2.91. The molecular weight excluding hydrogens is 204 g/mol. The van der Waals surface area contributed by atoms with Gasteiger partial charge in [-0.25, -0.2) is 0 Å². The van der Waals surface area contributed by atoms with Crippen LogP contribution in [-0.4, -0.2) is 13.5 Å². The smallest absolute Gasteiger partial charge is 0.300 e. The first kappa shape index (κ1) is 8.89. The minimum absolute atomic E-state index is 0.0324. The van der Waals surface area contributed by atoms with Crippen molar-refractivity contribution in [3.8, 4) is 5.75 Å². The fourth-order valence-electron chi connectivity index (χ4n) is 1.13. The second-order valence-corrected chi connectivity index (χ2v) is 4.26. The number of aromatic hydroxyl groups is 1. The Morgan fingerprint density at radius 1 is 1.29 bits per heavy atom. The first-order valence-corrected chi connectivity index (χ1v) is 5.20. The molecule has 6 heteroatoms. The first-order chi connectivity index (χ1) is 6.59. The van der Waals surface area contributed by atoms with E-state index in [-0.39, 0.29) is 10.6 Å². The van der Waals surface area contributed by atoms with E-state index in [1.807, 2.05) is 0 Å². The number of sulfonamides is 1. The summed E-state index contributed by atoms with van der Waals surface area (Å²) in [6, 6.07) is 4.05. The molecule has 0 fully saturated rings. The molecule has 0 atom stereocenters. The SMILES string of the molecule is O=S1(=O)N=NC=Cc2ccc(O)cc21. The van der Waals surface area contributed by atoms with Crippen LogP contribution in [0.1, 0.15) is 5.56 Å². The van der Waals surface area contributed by atoms with Crippen molar-refractivity contribution in [3.63, 3.8) is 0 Å². The monoisotopic (exact) mass is 210 g/mol. The van der Waals surface area contributed by atoms with E-state index in [1.54, 1.807) is 0 Å². The van der Waals surface area contributed by atoms with Crippen LogP contribution in [0.4, 0.5) is 0 Å². The highest BCUT2D eigenvalue weighted by molar-refractivity contribution is 7.90. The van der Waals surface area contributed by atoms with Gasteiger partial charge in [-0.2, -0.15) is 8.42 Å². The second-order valence-electron chi connectivity index (χ2n) is 2.71. The van der Waals surface area contributed by atoms with E-state index in [1.165, 1.54) is 24.4 Å². The average Bonchev–Trinajstić information content (AvgIpc) is 2.26. The largest absolute Gasteiger partial charge is 0.508 e. The van der Waals surface area contributed by atoms with Crippen LogP contribution in [0, 0.1) is 0 Å². The Hall–Kier alpha value is -1.69. The predicted octanol–water partition coefficient (Wildman–Crippen LogP) is 1.52. The summed E-state index contributed by atoms with van der Waals surface area (Å²) < 4.78 is 26.0. The number of fused-ring (bicyclic) bond motifs is 1. The fourth-order valence-corrected chi connectivity index (χ4v) is 2.10. The van der Waals surface area contributed by atoms with Gasteiger partial charge in [0.1, 0.15) is 10.6 Å². The van der Waals surface area contributed by atoms with Crippen LogP contribution in [0.25, 0.3) is 6.08 Å². The first-order valence-electron chi connectivity index (χ1n) is 3.76. The Morgan fingerprint density at radius 3 is 2.86 bits per heavy atom. The van der Waals surface area contributed by atoms with Gasteiger partial charge in [-0.15, -0.1) is 5.11 Å². The molecule has 1 aromatic rings. The van der Waals surface area contributed by atoms with Gasteiger partial charge in [0.15, 0.2) is 0 Å². The van der Waals surface area contributed by atoms with Crippen LogP contribution in [0.15, 0.2) is 38.9 Å². The van der Waals surface area contributed by atoms with E-state index in [9.17, 15) is 8.42 Å². The lowest BCUT2D eigenvalue weighted by Gasteiger charge is -2.01. The summed E-state index contributed by atoms with van der Waals surface area (Å²) in [4.78, 5) is -0.0324. The van der Waals surface area contributed by atoms with E-state index in [4.69, 9.17) is 5.11 Å². The molecule has 0 aromatic heterocycles. The maximum Gasteiger partial charge on any atom is 0.300 e. The van der Waals surface area contributed by atoms with E-state index < -0.39 is 10.0 Å². The lowest BCUT2D eigenvalue weighted by atomic mass is 10.2. The van der Waals surface area contributed by atoms with Crippen LogP contribution in [0.3, 0.4) is 0 Å². The summed E-state index contributed by atoms with van der Waals surface area (Å²) in [6.45, 7) is 0. The van der Waals surface area contributed by atoms with Crippen molar-refractivity contribution in [2.75, 3.05) is 0 Å². The quantitative estimate of drug-likeness (QED) is 0.705. The molecule has 0 unspecified atom stereocenters. The topological polar surface area (TPSA) is 79.1 Å². The van der Waals surface area contributed by atoms with E-state index in [0.717, 1.165) is 6.07 Å².